The fraction of sp³-hybridized carbons (Fsp3) is 0.385. The first kappa shape index (κ1) is 12.1. The largest absolute Gasteiger partial charge is 0.496 e. The van der Waals surface area contributed by atoms with Crippen LogP contribution in [-0.4, -0.2) is 28.0 Å². The maximum atomic E-state index is 13.5. The highest BCUT2D eigenvalue weighted by Gasteiger charge is 2.28. The Balaban J connectivity index is 2.06. The van der Waals surface area contributed by atoms with Crippen molar-refractivity contribution in [2.24, 2.45) is 5.73 Å². The number of hydrogen-bond acceptors (Lipinski definition) is 4. The summed E-state index contributed by atoms with van der Waals surface area (Å²) in [5, 5.41) is 4.34. The number of alkyl halides is 1. The van der Waals surface area contributed by atoms with E-state index in [0.29, 0.717) is 23.8 Å². The van der Waals surface area contributed by atoms with Crippen LogP contribution in [0.4, 0.5) is 4.39 Å². The van der Waals surface area contributed by atoms with E-state index >= 15 is 0 Å². The quantitative estimate of drug-likeness (QED) is 0.894. The van der Waals surface area contributed by atoms with Gasteiger partial charge >= 0.3 is 0 Å². The number of methoxy groups -OCH3 is 1. The molecule has 0 saturated heterocycles. The van der Waals surface area contributed by atoms with Gasteiger partial charge in [0.05, 0.1) is 25.3 Å². The standard InChI is InChI=1S/C13H15FN4O/c1-19-11-5-3-2-4-9(11)12-16-13-10(15)6-8(14)7-18(13)17-12/h2-5,8,10H,6-7,15H2,1H3. The average molecular weight is 262 g/mol. The smallest absolute Gasteiger partial charge is 0.185 e. The molecule has 0 bridgehead atoms. The maximum absolute atomic E-state index is 13.5. The predicted molar refractivity (Wildman–Crippen MR) is 68.5 cm³/mol. The van der Waals surface area contributed by atoms with E-state index in [0.717, 1.165) is 5.56 Å². The molecule has 2 N–H and O–H groups in total. The molecule has 100 valence electrons. The Morgan fingerprint density at radius 1 is 1.42 bits per heavy atom. The molecule has 3 rings (SSSR count). The zero-order valence-electron chi connectivity index (χ0n) is 10.6. The first-order valence-electron chi connectivity index (χ1n) is 6.17. The molecule has 1 aromatic heterocycles. The lowest BCUT2D eigenvalue weighted by Crippen LogP contribution is -2.30. The van der Waals surface area contributed by atoms with Crippen LogP contribution in [0.5, 0.6) is 5.75 Å². The van der Waals surface area contributed by atoms with E-state index in [9.17, 15) is 4.39 Å². The summed E-state index contributed by atoms with van der Waals surface area (Å²) in [6.45, 7) is 0.213. The van der Waals surface area contributed by atoms with Crippen molar-refractivity contribution in [2.45, 2.75) is 25.2 Å². The van der Waals surface area contributed by atoms with E-state index in [-0.39, 0.29) is 6.54 Å². The Hall–Kier alpha value is -1.95. The molecule has 6 heteroatoms. The van der Waals surface area contributed by atoms with Crippen LogP contribution in [0.2, 0.25) is 0 Å². The summed E-state index contributed by atoms with van der Waals surface area (Å²) >= 11 is 0. The van der Waals surface area contributed by atoms with Crippen molar-refractivity contribution in [3.63, 3.8) is 0 Å². The minimum atomic E-state index is -0.963. The van der Waals surface area contributed by atoms with Crippen LogP contribution < -0.4 is 10.5 Å². The molecule has 0 amide bonds. The van der Waals surface area contributed by atoms with E-state index in [2.05, 4.69) is 10.1 Å². The number of fused-ring (bicyclic) bond motifs is 1. The molecule has 0 aliphatic carbocycles. The van der Waals surface area contributed by atoms with Crippen molar-refractivity contribution < 1.29 is 9.13 Å². The van der Waals surface area contributed by atoms with Gasteiger partial charge in [-0.3, -0.25) is 0 Å². The van der Waals surface area contributed by atoms with Gasteiger partial charge in [0, 0.05) is 6.42 Å². The van der Waals surface area contributed by atoms with Crippen molar-refractivity contribution in [2.75, 3.05) is 7.11 Å². The van der Waals surface area contributed by atoms with Crippen LogP contribution in [0.25, 0.3) is 11.4 Å². The van der Waals surface area contributed by atoms with Gasteiger partial charge < -0.3 is 10.5 Å². The number of nitrogens with two attached hydrogens (primary N) is 1. The Labute approximate surface area is 110 Å². The first-order valence-corrected chi connectivity index (χ1v) is 6.17. The van der Waals surface area contributed by atoms with E-state index in [1.54, 1.807) is 11.8 Å². The third kappa shape index (κ3) is 2.08. The number of aromatic nitrogens is 3. The molecule has 2 atom stereocenters. The molecule has 2 aromatic rings. The molecule has 0 saturated carbocycles. The highest BCUT2D eigenvalue weighted by Crippen LogP contribution is 2.30. The van der Waals surface area contributed by atoms with Crippen LogP contribution >= 0.6 is 0 Å². The molecule has 5 nitrogen and oxygen atoms in total. The fourth-order valence-corrected chi connectivity index (χ4v) is 2.35. The van der Waals surface area contributed by atoms with Gasteiger partial charge in [0.25, 0.3) is 0 Å². The molecule has 2 unspecified atom stereocenters. The summed E-state index contributed by atoms with van der Waals surface area (Å²) < 4.78 is 20.3. The number of hydrogen-bond donors (Lipinski definition) is 1. The molecule has 0 spiro atoms. The Morgan fingerprint density at radius 3 is 3.00 bits per heavy atom. The van der Waals surface area contributed by atoms with Crippen LogP contribution in [0.3, 0.4) is 0 Å². The highest BCUT2D eigenvalue weighted by molar-refractivity contribution is 5.63. The SMILES string of the molecule is COc1ccccc1-c1nc2n(n1)CC(F)CC2N. The molecule has 2 heterocycles. The van der Waals surface area contributed by atoms with E-state index in [4.69, 9.17) is 10.5 Å². The molecular weight excluding hydrogens is 247 g/mol. The van der Waals surface area contributed by atoms with Gasteiger partial charge in [-0.05, 0) is 12.1 Å². The van der Waals surface area contributed by atoms with Gasteiger partial charge in [-0.15, -0.1) is 0 Å². The van der Waals surface area contributed by atoms with Gasteiger partial charge in [0.15, 0.2) is 5.82 Å². The molecule has 19 heavy (non-hydrogen) atoms. The van der Waals surface area contributed by atoms with E-state index in [1.165, 1.54) is 0 Å². The van der Waals surface area contributed by atoms with Crippen molar-refractivity contribution in [3.05, 3.63) is 30.1 Å². The minimum Gasteiger partial charge on any atom is -0.496 e. The van der Waals surface area contributed by atoms with E-state index < -0.39 is 12.2 Å². The van der Waals surface area contributed by atoms with Crippen LogP contribution in [-0.2, 0) is 6.54 Å². The number of halogens is 1. The Bertz CT molecular complexity index is 598. The highest BCUT2D eigenvalue weighted by atomic mass is 19.1. The van der Waals surface area contributed by atoms with Crippen LogP contribution in [0.1, 0.15) is 18.3 Å². The summed E-state index contributed by atoms with van der Waals surface area (Å²) in [5.74, 6) is 1.85. The summed E-state index contributed by atoms with van der Waals surface area (Å²) in [5.41, 5.74) is 6.69. The molecular formula is C13H15FN4O. The zero-order chi connectivity index (χ0) is 13.4. The summed E-state index contributed by atoms with van der Waals surface area (Å²) in [6.07, 6.45) is -0.668. The number of nitrogens with zero attached hydrogens (tertiary/aromatic N) is 3. The third-order valence-electron chi connectivity index (χ3n) is 3.26. The summed E-state index contributed by atoms with van der Waals surface area (Å²) in [6, 6.07) is 7.07. The molecule has 0 fully saturated rings. The Kier molecular flexibility index (Phi) is 2.94. The number of ether oxygens (including phenoxy) is 1. The van der Waals surface area contributed by atoms with Gasteiger partial charge in [-0.2, -0.15) is 5.10 Å². The molecule has 0 radical (unpaired) electrons. The van der Waals surface area contributed by atoms with Crippen molar-refractivity contribution >= 4 is 0 Å². The van der Waals surface area contributed by atoms with Crippen molar-refractivity contribution in [1.82, 2.24) is 14.8 Å². The molecule has 1 aliphatic heterocycles. The monoisotopic (exact) mass is 262 g/mol. The lowest BCUT2D eigenvalue weighted by Gasteiger charge is -2.21. The van der Waals surface area contributed by atoms with Gasteiger partial charge in [0.1, 0.15) is 17.7 Å². The van der Waals surface area contributed by atoms with Crippen molar-refractivity contribution in [3.8, 4) is 17.1 Å². The summed E-state index contributed by atoms with van der Waals surface area (Å²) in [4.78, 5) is 4.43. The lowest BCUT2D eigenvalue weighted by molar-refractivity contribution is 0.220. The fourth-order valence-electron chi connectivity index (χ4n) is 2.35. The second kappa shape index (κ2) is 4.62. The normalized spacial score (nSPS) is 22.1. The predicted octanol–water partition coefficient (Wildman–Crippen LogP) is 1.70. The molecule has 1 aliphatic rings. The Morgan fingerprint density at radius 2 is 2.21 bits per heavy atom. The van der Waals surface area contributed by atoms with Crippen LogP contribution in [0, 0.1) is 0 Å². The average Bonchev–Trinajstić information content (AvgIpc) is 2.82. The maximum Gasteiger partial charge on any atom is 0.185 e. The number of para-hydroxylation sites is 1. The van der Waals surface area contributed by atoms with Gasteiger partial charge in [0.2, 0.25) is 0 Å². The third-order valence-corrected chi connectivity index (χ3v) is 3.26. The van der Waals surface area contributed by atoms with Gasteiger partial charge in [-0.25, -0.2) is 14.1 Å². The van der Waals surface area contributed by atoms with Crippen LogP contribution in [0.15, 0.2) is 24.3 Å². The topological polar surface area (TPSA) is 66.0 Å². The van der Waals surface area contributed by atoms with Crippen molar-refractivity contribution in [1.29, 1.82) is 0 Å². The number of benzene rings is 1. The second-order valence-electron chi connectivity index (χ2n) is 4.62. The zero-order valence-corrected chi connectivity index (χ0v) is 10.6. The van der Waals surface area contributed by atoms with E-state index in [1.807, 2.05) is 24.3 Å². The first-order chi connectivity index (χ1) is 9.19. The molecule has 1 aromatic carbocycles. The second-order valence-corrected chi connectivity index (χ2v) is 4.62. The summed E-state index contributed by atoms with van der Waals surface area (Å²) in [7, 11) is 1.60. The lowest BCUT2D eigenvalue weighted by atomic mass is 10.1. The number of rotatable bonds is 2. The minimum absolute atomic E-state index is 0.213. The van der Waals surface area contributed by atoms with Gasteiger partial charge in [-0.1, -0.05) is 12.1 Å².